The Bertz CT molecular complexity index is 537. The number of carboxylic acids is 1. The van der Waals surface area contributed by atoms with Crippen LogP contribution in [0.3, 0.4) is 0 Å². The summed E-state index contributed by atoms with van der Waals surface area (Å²) in [6.45, 7) is 0.997. The minimum absolute atomic E-state index is 0.0156. The van der Waals surface area contributed by atoms with Crippen LogP contribution in [0.4, 0.5) is 0 Å². The number of hydrogen-bond acceptors (Lipinski definition) is 4. The first kappa shape index (κ1) is 12.0. The van der Waals surface area contributed by atoms with Crippen molar-refractivity contribution in [3.05, 3.63) is 23.8 Å². The number of carboxylic acid groups (broad SMARTS) is 1. The van der Waals surface area contributed by atoms with Crippen molar-refractivity contribution in [3.63, 3.8) is 0 Å². The Labute approximate surface area is 110 Å². The van der Waals surface area contributed by atoms with Crippen molar-refractivity contribution in [2.45, 2.75) is 12.8 Å². The fourth-order valence-electron chi connectivity index (χ4n) is 2.35. The summed E-state index contributed by atoms with van der Waals surface area (Å²) in [7, 11) is 0. The van der Waals surface area contributed by atoms with Crippen molar-refractivity contribution >= 4 is 11.8 Å². The number of carbonyl (C=O) groups excluding carboxylic acids is 1. The molecular weight excluding hydrogens is 248 g/mol. The van der Waals surface area contributed by atoms with Crippen molar-refractivity contribution in [1.29, 1.82) is 0 Å². The van der Waals surface area contributed by atoms with E-state index in [1.165, 1.54) is 0 Å². The van der Waals surface area contributed by atoms with E-state index >= 15 is 0 Å². The fraction of sp³-hybridized carbons (Fsp3) is 0.429. The minimum Gasteiger partial charge on any atom is -0.486 e. The molecule has 100 valence electrons. The molecule has 0 saturated heterocycles. The summed E-state index contributed by atoms with van der Waals surface area (Å²) in [5, 5.41) is 8.82. The lowest BCUT2D eigenvalue weighted by molar-refractivity contribution is -0.138. The molecule has 19 heavy (non-hydrogen) atoms. The van der Waals surface area contributed by atoms with Gasteiger partial charge in [0.25, 0.3) is 0 Å². The first-order valence-electron chi connectivity index (χ1n) is 6.31. The Morgan fingerprint density at radius 1 is 1.21 bits per heavy atom. The lowest BCUT2D eigenvalue weighted by atomic mass is 10.0. The molecule has 0 amide bonds. The van der Waals surface area contributed by atoms with Gasteiger partial charge < -0.3 is 14.6 Å². The van der Waals surface area contributed by atoms with Crippen LogP contribution in [0.25, 0.3) is 0 Å². The number of aliphatic carboxylic acids is 1. The highest BCUT2D eigenvalue weighted by atomic mass is 16.6. The van der Waals surface area contributed by atoms with Crippen LogP contribution in [0.1, 0.15) is 23.2 Å². The molecule has 1 fully saturated rings. The van der Waals surface area contributed by atoms with E-state index < -0.39 is 5.97 Å². The molecule has 1 aromatic rings. The number of hydrogen-bond donors (Lipinski definition) is 1. The Kier molecular flexibility index (Phi) is 2.89. The van der Waals surface area contributed by atoms with Gasteiger partial charge in [-0.1, -0.05) is 0 Å². The first-order chi connectivity index (χ1) is 9.15. The molecule has 0 spiro atoms. The van der Waals surface area contributed by atoms with Crippen molar-refractivity contribution < 1.29 is 24.2 Å². The van der Waals surface area contributed by atoms with Gasteiger partial charge in [0.15, 0.2) is 17.3 Å². The Morgan fingerprint density at radius 3 is 2.63 bits per heavy atom. The molecule has 1 N–H and O–H groups in total. The van der Waals surface area contributed by atoms with E-state index in [9.17, 15) is 9.59 Å². The first-order valence-corrected chi connectivity index (χ1v) is 6.31. The molecule has 0 aromatic heterocycles. The summed E-state index contributed by atoms with van der Waals surface area (Å²) in [5.41, 5.74) is 0.556. The average molecular weight is 262 g/mol. The second-order valence-electron chi connectivity index (χ2n) is 4.93. The number of fused-ring (bicyclic) bond motifs is 1. The lowest BCUT2D eigenvalue weighted by Crippen LogP contribution is -2.16. The highest BCUT2D eigenvalue weighted by molar-refractivity contribution is 5.97. The summed E-state index contributed by atoms with van der Waals surface area (Å²) < 4.78 is 10.8. The topological polar surface area (TPSA) is 72.8 Å². The maximum atomic E-state index is 12.1. The van der Waals surface area contributed by atoms with Crippen LogP contribution in [0.2, 0.25) is 0 Å². The number of rotatable bonds is 4. The largest absolute Gasteiger partial charge is 0.486 e. The maximum absolute atomic E-state index is 12.1. The van der Waals surface area contributed by atoms with Gasteiger partial charge in [0.05, 0.1) is 5.92 Å². The highest BCUT2D eigenvalue weighted by Gasteiger charge is 2.44. The lowest BCUT2D eigenvalue weighted by Gasteiger charge is -2.18. The average Bonchev–Trinajstić information content (AvgIpc) is 3.17. The van der Waals surface area contributed by atoms with E-state index in [0.29, 0.717) is 36.7 Å². The SMILES string of the molecule is O=C(CC1CC1C(=O)O)c1ccc2c(c1)OCCO2. The zero-order valence-electron chi connectivity index (χ0n) is 10.3. The number of carbonyl (C=O) groups is 2. The van der Waals surface area contributed by atoms with Gasteiger partial charge in [0.1, 0.15) is 13.2 Å². The van der Waals surface area contributed by atoms with E-state index in [0.717, 1.165) is 0 Å². The van der Waals surface area contributed by atoms with Crippen LogP contribution in [0.15, 0.2) is 18.2 Å². The third kappa shape index (κ3) is 2.41. The standard InChI is InChI=1S/C14H14O5/c15-11(6-9-5-10(9)14(16)17)8-1-2-12-13(7-8)19-4-3-18-12/h1-2,7,9-10H,3-6H2,(H,16,17). The van der Waals surface area contributed by atoms with Crippen LogP contribution in [-0.2, 0) is 4.79 Å². The van der Waals surface area contributed by atoms with Gasteiger partial charge in [-0.3, -0.25) is 9.59 Å². The van der Waals surface area contributed by atoms with Crippen molar-refractivity contribution in [2.75, 3.05) is 13.2 Å². The molecule has 1 aliphatic heterocycles. The molecule has 3 rings (SSSR count). The van der Waals surface area contributed by atoms with Gasteiger partial charge in [0.2, 0.25) is 0 Å². The third-order valence-corrected chi connectivity index (χ3v) is 3.55. The smallest absolute Gasteiger partial charge is 0.306 e. The number of benzene rings is 1. The molecule has 2 unspecified atom stereocenters. The molecule has 1 aliphatic carbocycles. The summed E-state index contributed by atoms with van der Waals surface area (Å²) in [6.07, 6.45) is 0.891. The molecule has 2 atom stereocenters. The normalized spacial score (nSPS) is 23.8. The van der Waals surface area contributed by atoms with Gasteiger partial charge in [0, 0.05) is 12.0 Å². The number of ketones is 1. The van der Waals surface area contributed by atoms with Crippen LogP contribution in [-0.4, -0.2) is 30.1 Å². The molecule has 0 bridgehead atoms. The van der Waals surface area contributed by atoms with Crippen molar-refractivity contribution in [2.24, 2.45) is 11.8 Å². The van der Waals surface area contributed by atoms with Gasteiger partial charge in [-0.2, -0.15) is 0 Å². The predicted octanol–water partition coefficient (Wildman–Crippen LogP) is 1.75. The number of ether oxygens (including phenoxy) is 2. The monoisotopic (exact) mass is 262 g/mol. The molecule has 1 aromatic carbocycles. The van der Waals surface area contributed by atoms with Crippen LogP contribution in [0, 0.1) is 11.8 Å². The van der Waals surface area contributed by atoms with Gasteiger partial charge in [-0.25, -0.2) is 0 Å². The molecular formula is C14H14O5. The summed E-state index contributed by atoms with van der Waals surface area (Å²) in [4.78, 5) is 22.8. The van der Waals surface area contributed by atoms with E-state index in [2.05, 4.69) is 0 Å². The highest BCUT2D eigenvalue weighted by Crippen LogP contribution is 2.42. The maximum Gasteiger partial charge on any atom is 0.306 e. The van der Waals surface area contributed by atoms with E-state index in [4.69, 9.17) is 14.6 Å². The van der Waals surface area contributed by atoms with Crippen molar-refractivity contribution in [3.8, 4) is 11.5 Å². The zero-order valence-corrected chi connectivity index (χ0v) is 10.3. The van der Waals surface area contributed by atoms with E-state index in [1.807, 2.05) is 0 Å². The zero-order chi connectivity index (χ0) is 13.4. The van der Waals surface area contributed by atoms with Gasteiger partial charge in [-0.15, -0.1) is 0 Å². The molecule has 1 heterocycles. The molecule has 1 saturated carbocycles. The Hall–Kier alpha value is -2.04. The van der Waals surface area contributed by atoms with Crippen LogP contribution in [0.5, 0.6) is 11.5 Å². The van der Waals surface area contributed by atoms with Crippen molar-refractivity contribution in [1.82, 2.24) is 0 Å². The molecule has 0 radical (unpaired) electrons. The van der Waals surface area contributed by atoms with Crippen LogP contribution >= 0.6 is 0 Å². The molecule has 5 heteroatoms. The minimum atomic E-state index is -0.806. The fourth-order valence-corrected chi connectivity index (χ4v) is 2.35. The molecule has 5 nitrogen and oxygen atoms in total. The van der Waals surface area contributed by atoms with E-state index in [1.54, 1.807) is 18.2 Å². The van der Waals surface area contributed by atoms with Crippen LogP contribution < -0.4 is 9.47 Å². The van der Waals surface area contributed by atoms with E-state index in [-0.39, 0.29) is 24.0 Å². The quantitative estimate of drug-likeness (QED) is 0.837. The summed E-state index contributed by atoms with van der Waals surface area (Å²) >= 11 is 0. The Balaban J connectivity index is 1.69. The second kappa shape index (κ2) is 4.57. The van der Waals surface area contributed by atoms with Gasteiger partial charge >= 0.3 is 5.97 Å². The second-order valence-corrected chi connectivity index (χ2v) is 4.93. The number of Topliss-reactive ketones (excluding diaryl/α,β-unsaturated/α-hetero) is 1. The third-order valence-electron chi connectivity index (χ3n) is 3.55. The summed E-state index contributed by atoms with van der Waals surface area (Å²) in [6, 6.07) is 5.10. The van der Waals surface area contributed by atoms with Gasteiger partial charge in [-0.05, 0) is 30.5 Å². The summed E-state index contributed by atoms with van der Waals surface area (Å²) in [5.74, 6) is 0.0328. The predicted molar refractivity (Wildman–Crippen MR) is 65.6 cm³/mol. The molecule has 2 aliphatic rings. The Morgan fingerprint density at radius 2 is 1.95 bits per heavy atom.